The summed E-state index contributed by atoms with van der Waals surface area (Å²) in [7, 11) is 1.64. The Morgan fingerprint density at radius 3 is 2.33 bits per heavy atom. The second-order valence-electron chi connectivity index (χ2n) is 7.78. The van der Waals surface area contributed by atoms with E-state index in [9.17, 15) is 18.4 Å². The fourth-order valence-corrected chi connectivity index (χ4v) is 2.61. The van der Waals surface area contributed by atoms with Crippen LogP contribution in [0, 0.1) is 0 Å². The Hall–Kier alpha value is -3.16. The molecule has 2 aromatic carbocycles. The molecule has 0 radical (unpaired) electrons. The molecule has 0 fully saturated rings. The quantitative estimate of drug-likeness (QED) is 0.696. The lowest BCUT2D eigenvalue weighted by Crippen LogP contribution is -2.33. The van der Waals surface area contributed by atoms with E-state index < -0.39 is 18.3 Å². The molecule has 0 bridgehead atoms. The van der Waals surface area contributed by atoms with Crippen molar-refractivity contribution in [2.75, 3.05) is 12.4 Å². The van der Waals surface area contributed by atoms with Crippen LogP contribution in [0.3, 0.4) is 0 Å². The van der Waals surface area contributed by atoms with Gasteiger partial charge < -0.3 is 19.7 Å². The molecule has 1 N–H and O–H groups in total. The van der Waals surface area contributed by atoms with Crippen LogP contribution < -0.4 is 10.1 Å². The third-order valence-electron chi connectivity index (χ3n) is 3.85. The van der Waals surface area contributed by atoms with Crippen LogP contribution in [0.25, 0.3) is 0 Å². The van der Waals surface area contributed by atoms with Crippen LogP contribution in [-0.4, -0.2) is 36.2 Å². The van der Waals surface area contributed by atoms with E-state index in [1.54, 1.807) is 58.2 Å². The Balaban J connectivity index is 1.92. The first-order valence-electron chi connectivity index (χ1n) is 9.38. The largest absolute Gasteiger partial charge is 0.444 e. The van der Waals surface area contributed by atoms with Crippen LogP contribution in [0.5, 0.6) is 5.75 Å². The van der Waals surface area contributed by atoms with Gasteiger partial charge in [0.2, 0.25) is 5.91 Å². The molecule has 162 valence electrons. The average molecular weight is 420 g/mol. The second-order valence-corrected chi connectivity index (χ2v) is 7.78. The van der Waals surface area contributed by atoms with Crippen molar-refractivity contribution in [3.63, 3.8) is 0 Å². The summed E-state index contributed by atoms with van der Waals surface area (Å²) >= 11 is 0. The first-order chi connectivity index (χ1) is 14.0. The van der Waals surface area contributed by atoms with Gasteiger partial charge >= 0.3 is 12.7 Å². The molecule has 0 aliphatic heterocycles. The maximum atomic E-state index is 12.3. The normalized spacial score (nSPS) is 11.2. The monoisotopic (exact) mass is 420 g/mol. The molecule has 0 aliphatic rings. The lowest BCUT2D eigenvalue weighted by Gasteiger charge is -2.24. The number of nitrogens with zero attached hydrogens (tertiary/aromatic N) is 1. The molecule has 2 rings (SSSR count). The molecule has 0 unspecified atom stereocenters. The van der Waals surface area contributed by atoms with E-state index in [2.05, 4.69) is 10.1 Å². The van der Waals surface area contributed by atoms with Crippen molar-refractivity contribution in [1.82, 2.24) is 4.90 Å². The number of carbonyl (C=O) groups excluding carboxylic acids is 2. The molecule has 8 heteroatoms. The van der Waals surface area contributed by atoms with Gasteiger partial charge in [0, 0.05) is 19.3 Å². The lowest BCUT2D eigenvalue weighted by molar-refractivity contribution is -0.115. The van der Waals surface area contributed by atoms with Crippen LogP contribution in [0.15, 0.2) is 48.5 Å². The summed E-state index contributed by atoms with van der Waals surface area (Å²) in [6.07, 6.45) is -0.354. The Morgan fingerprint density at radius 1 is 1.07 bits per heavy atom. The predicted molar refractivity (Wildman–Crippen MR) is 110 cm³/mol. The molecule has 0 aliphatic carbocycles. The molecular formula is C22H26F2N2O4. The maximum Gasteiger partial charge on any atom is 0.410 e. The molecule has 2 aromatic rings. The summed E-state index contributed by atoms with van der Waals surface area (Å²) in [5, 5.41) is 2.79. The molecule has 0 atom stereocenters. The van der Waals surface area contributed by atoms with Crippen molar-refractivity contribution in [3.05, 3.63) is 59.7 Å². The highest BCUT2D eigenvalue weighted by Crippen LogP contribution is 2.17. The number of hydrogen-bond acceptors (Lipinski definition) is 4. The summed E-state index contributed by atoms with van der Waals surface area (Å²) in [5.41, 5.74) is 1.50. The number of ether oxygens (including phenoxy) is 2. The molecule has 6 nitrogen and oxygen atoms in total. The van der Waals surface area contributed by atoms with Crippen LogP contribution >= 0.6 is 0 Å². The van der Waals surface area contributed by atoms with Crippen molar-refractivity contribution in [1.29, 1.82) is 0 Å². The van der Waals surface area contributed by atoms with Crippen molar-refractivity contribution in [2.45, 2.75) is 45.9 Å². The van der Waals surface area contributed by atoms with Gasteiger partial charge in [-0.2, -0.15) is 8.78 Å². The van der Waals surface area contributed by atoms with E-state index in [0.29, 0.717) is 17.8 Å². The summed E-state index contributed by atoms with van der Waals surface area (Å²) in [6.45, 7) is 2.84. The second kappa shape index (κ2) is 10.0. The number of hydrogen-bond donors (Lipinski definition) is 1. The zero-order valence-electron chi connectivity index (χ0n) is 17.4. The molecule has 0 saturated carbocycles. The number of nitrogens with one attached hydrogen (secondary N) is 1. The van der Waals surface area contributed by atoms with Gasteiger partial charge in [-0.3, -0.25) is 4.79 Å². The van der Waals surface area contributed by atoms with E-state index >= 15 is 0 Å². The van der Waals surface area contributed by atoms with Gasteiger partial charge in [0.15, 0.2) is 0 Å². The predicted octanol–water partition coefficient (Wildman–Crippen LogP) is 4.84. The van der Waals surface area contributed by atoms with Crippen molar-refractivity contribution in [2.24, 2.45) is 0 Å². The highest BCUT2D eigenvalue weighted by molar-refractivity contribution is 5.92. The van der Waals surface area contributed by atoms with E-state index in [1.165, 1.54) is 17.0 Å². The topological polar surface area (TPSA) is 67.9 Å². The number of amides is 2. The minimum atomic E-state index is -2.89. The van der Waals surface area contributed by atoms with Gasteiger partial charge in [-0.15, -0.1) is 0 Å². The number of rotatable bonds is 7. The Morgan fingerprint density at radius 2 is 1.73 bits per heavy atom. The molecule has 30 heavy (non-hydrogen) atoms. The van der Waals surface area contributed by atoms with E-state index in [1.807, 2.05) is 6.07 Å². The maximum absolute atomic E-state index is 12.3. The standard InChI is InChI=1S/C22H26F2N2O4/c1-22(2,3)30-21(28)26(4)14-16-6-5-7-17(12-16)25-19(27)13-15-8-10-18(11-9-15)29-20(23)24/h5-12,20H,13-14H2,1-4H3,(H,25,27). The summed E-state index contributed by atoms with van der Waals surface area (Å²) in [6, 6.07) is 13.0. The number of benzene rings is 2. The van der Waals surface area contributed by atoms with Crippen LogP contribution in [0.4, 0.5) is 19.3 Å². The minimum Gasteiger partial charge on any atom is -0.444 e. The first kappa shape index (κ1) is 23.1. The van der Waals surface area contributed by atoms with Gasteiger partial charge in [-0.25, -0.2) is 4.79 Å². The van der Waals surface area contributed by atoms with Gasteiger partial charge in [0.25, 0.3) is 0 Å². The Kier molecular flexibility index (Phi) is 7.74. The molecule has 0 spiro atoms. The third-order valence-corrected chi connectivity index (χ3v) is 3.85. The van der Waals surface area contributed by atoms with E-state index in [-0.39, 0.29) is 18.1 Å². The van der Waals surface area contributed by atoms with Crippen molar-refractivity contribution >= 4 is 17.7 Å². The highest BCUT2D eigenvalue weighted by Gasteiger charge is 2.19. The van der Waals surface area contributed by atoms with E-state index in [4.69, 9.17) is 4.74 Å². The number of halogens is 2. The first-order valence-corrected chi connectivity index (χ1v) is 9.38. The Labute approximate surface area is 174 Å². The summed E-state index contributed by atoms with van der Waals surface area (Å²) in [4.78, 5) is 25.8. The third kappa shape index (κ3) is 8.06. The summed E-state index contributed by atoms with van der Waals surface area (Å²) in [5.74, 6) is -0.217. The summed E-state index contributed by atoms with van der Waals surface area (Å²) < 4.78 is 34.0. The lowest BCUT2D eigenvalue weighted by atomic mass is 10.1. The molecule has 0 aromatic heterocycles. The molecule has 0 heterocycles. The van der Waals surface area contributed by atoms with Gasteiger partial charge in [0.1, 0.15) is 11.4 Å². The fraction of sp³-hybridized carbons (Fsp3) is 0.364. The van der Waals surface area contributed by atoms with E-state index in [0.717, 1.165) is 5.56 Å². The highest BCUT2D eigenvalue weighted by atomic mass is 19.3. The van der Waals surface area contributed by atoms with Crippen LogP contribution in [0.2, 0.25) is 0 Å². The van der Waals surface area contributed by atoms with Crippen molar-refractivity contribution < 1.29 is 27.8 Å². The number of anilines is 1. The minimum absolute atomic E-state index is 0.0379. The van der Waals surface area contributed by atoms with Crippen LogP contribution in [-0.2, 0) is 22.5 Å². The Bertz CT molecular complexity index is 864. The van der Waals surface area contributed by atoms with Gasteiger partial charge in [-0.05, 0) is 56.2 Å². The van der Waals surface area contributed by atoms with Crippen LogP contribution in [0.1, 0.15) is 31.9 Å². The zero-order valence-corrected chi connectivity index (χ0v) is 17.4. The molecule has 0 saturated heterocycles. The smallest absolute Gasteiger partial charge is 0.410 e. The molecular weight excluding hydrogens is 394 g/mol. The van der Waals surface area contributed by atoms with Gasteiger partial charge in [-0.1, -0.05) is 24.3 Å². The number of alkyl halides is 2. The molecule has 2 amide bonds. The average Bonchev–Trinajstić information content (AvgIpc) is 2.61. The van der Waals surface area contributed by atoms with Crippen molar-refractivity contribution in [3.8, 4) is 5.75 Å². The SMILES string of the molecule is CN(Cc1cccc(NC(=O)Cc2ccc(OC(F)F)cc2)c1)C(=O)OC(C)(C)C. The fourth-order valence-electron chi connectivity index (χ4n) is 2.61. The zero-order chi connectivity index (χ0) is 22.3. The number of carbonyl (C=O) groups is 2. The van der Waals surface area contributed by atoms with Gasteiger partial charge in [0.05, 0.1) is 6.42 Å².